The molecule has 1 saturated carbocycles. The van der Waals surface area contributed by atoms with Crippen LogP contribution in [0.15, 0.2) is 35.9 Å². The summed E-state index contributed by atoms with van der Waals surface area (Å²) in [6.07, 6.45) is 7.89. The van der Waals surface area contributed by atoms with Gasteiger partial charge in [-0.15, -0.1) is 5.10 Å². The molecule has 1 amide bonds. The molecule has 0 N–H and O–H groups in total. The molecule has 1 saturated heterocycles. The molecule has 2 aromatic rings. The Bertz CT molecular complexity index is 1040. The van der Waals surface area contributed by atoms with Crippen molar-refractivity contribution in [3.8, 4) is 5.69 Å². The number of esters is 1. The highest BCUT2D eigenvalue weighted by Gasteiger charge is 2.50. The molecule has 0 bridgehead atoms. The summed E-state index contributed by atoms with van der Waals surface area (Å²) in [6, 6.07) is 4.38. The van der Waals surface area contributed by atoms with E-state index in [4.69, 9.17) is 4.74 Å². The Labute approximate surface area is 186 Å². The zero-order chi connectivity index (χ0) is 22.3. The van der Waals surface area contributed by atoms with E-state index >= 15 is 0 Å². The van der Waals surface area contributed by atoms with Crippen LogP contribution in [0.3, 0.4) is 0 Å². The second-order valence-corrected chi connectivity index (χ2v) is 9.04. The van der Waals surface area contributed by atoms with Gasteiger partial charge in [0.05, 0.1) is 34.3 Å². The summed E-state index contributed by atoms with van der Waals surface area (Å²) in [6.45, 7) is 3.40. The predicted molar refractivity (Wildman–Crippen MR) is 113 cm³/mol. The lowest BCUT2D eigenvalue weighted by molar-refractivity contribution is -0.138. The van der Waals surface area contributed by atoms with Crippen molar-refractivity contribution >= 4 is 11.9 Å². The maximum atomic E-state index is 13.3. The first kappa shape index (κ1) is 20.7. The van der Waals surface area contributed by atoms with Crippen molar-refractivity contribution in [3.63, 3.8) is 0 Å². The molecule has 5 rings (SSSR count). The zero-order valence-corrected chi connectivity index (χ0v) is 18.4. The van der Waals surface area contributed by atoms with Crippen molar-refractivity contribution in [1.82, 2.24) is 35.0 Å². The van der Waals surface area contributed by atoms with Gasteiger partial charge in [-0.05, 0) is 68.6 Å². The smallest absolute Gasteiger partial charge is 0.336 e. The van der Waals surface area contributed by atoms with Gasteiger partial charge in [0.1, 0.15) is 12.9 Å². The largest absolute Gasteiger partial charge is 0.456 e. The lowest BCUT2D eigenvalue weighted by atomic mass is 9.71. The topological polar surface area (TPSA) is 106 Å². The molecular formula is C22H27N7O3. The number of aromatic nitrogens is 5. The highest BCUT2D eigenvalue weighted by Crippen LogP contribution is 2.47. The van der Waals surface area contributed by atoms with E-state index in [0.717, 1.165) is 55.7 Å². The summed E-state index contributed by atoms with van der Waals surface area (Å²) in [4.78, 5) is 33.7. The summed E-state index contributed by atoms with van der Waals surface area (Å²) in [5.74, 6) is -0.134. The number of tetrazole rings is 1. The number of amides is 1. The highest BCUT2D eigenvalue weighted by atomic mass is 16.5. The number of ether oxygens (including phenoxy) is 1. The van der Waals surface area contributed by atoms with Crippen LogP contribution in [0.1, 0.15) is 44.7 Å². The van der Waals surface area contributed by atoms with Crippen LogP contribution >= 0.6 is 0 Å². The fourth-order valence-electron chi connectivity index (χ4n) is 5.20. The molecule has 2 aromatic heterocycles. The summed E-state index contributed by atoms with van der Waals surface area (Å²) in [5, 5.41) is 11.2. The molecular weight excluding hydrogens is 410 g/mol. The number of likely N-dealkylation sites (tertiary alicyclic amines) is 1. The van der Waals surface area contributed by atoms with Crippen LogP contribution in [0.2, 0.25) is 0 Å². The SMILES string of the molecule is CC1=C(N2CC[C@]3(CC[C@@H](N(C)Cc4ccc(-n5cnnn5)cn4)CC3)C2=O)COC1=O. The summed E-state index contributed by atoms with van der Waals surface area (Å²) >= 11 is 0. The van der Waals surface area contributed by atoms with Crippen molar-refractivity contribution in [3.05, 3.63) is 41.6 Å². The molecule has 10 nitrogen and oxygen atoms in total. The third kappa shape index (κ3) is 3.58. The van der Waals surface area contributed by atoms with E-state index in [2.05, 4.69) is 32.5 Å². The van der Waals surface area contributed by atoms with Crippen molar-refractivity contribution in [2.75, 3.05) is 20.2 Å². The zero-order valence-electron chi connectivity index (χ0n) is 18.4. The Kier molecular flexibility index (Phi) is 5.24. The minimum absolute atomic E-state index is 0.172. The van der Waals surface area contributed by atoms with Gasteiger partial charge < -0.3 is 9.64 Å². The van der Waals surface area contributed by atoms with Crippen LogP contribution in [0.4, 0.5) is 0 Å². The second kappa shape index (κ2) is 8.09. The molecule has 32 heavy (non-hydrogen) atoms. The second-order valence-electron chi connectivity index (χ2n) is 9.04. The molecule has 1 spiro atoms. The van der Waals surface area contributed by atoms with E-state index in [1.54, 1.807) is 29.0 Å². The van der Waals surface area contributed by atoms with Gasteiger partial charge in [0, 0.05) is 19.1 Å². The van der Waals surface area contributed by atoms with E-state index in [1.165, 1.54) is 0 Å². The van der Waals surface area contributed by atoms with Crippen LogP contribution in [0.5, 0.6) is 0 Å². The maximum Gasteiger partial charge on any atom is 0.336 e. The van der Waals surface area contributed by atoms with Crippen molar-refractivity contribution in [2.24, 2.45) is 5.41 Å². The Morgan fingerprint density at radius 3 is 2.66 bits per heavy atom. The summed E-state index contributed by atoms with van der Waals surface area (Å²) in [7, 11) is 2.12. The molecule has 3 aliphatic rings. The van der Waals surface area contributed by atoms with Crippen LogP contribution in [0, 0.1) is 5.41 Å². The molecule has 1 aliphatic carbocycles. The molecule has 2 aliphatic heterocycles. The first-order chi connectivity index (χ1) is 15.5. The van der Waals surface area contributed by atoms with E-state index in [-0.39, 0.29) is 23.9 Å². The molecule has 0 atom stereocenters. The third-order valence-corrected chi connectivity index (χ3v) is 7.29. The first-order valence-electron chi connectivity index (χ1n) is 11.0. The van der Waals surface area contributed by atoms with Crippen molar-refractivity contribution in [2.45, 2.75) is 51.6 Å². The number of rotatable bonds is 5. The molecule has 2 fully saturated rings. The van der Waals surface area contributed by atoms with Gasteiger partial charge in [-0.2, -0.15) is 4.68 Å². The van der Waals surface area contributed by atoms with Gasteiger partial charge in [-0.25, -0.2) is 4.79 Å². The molecule has 0 aromatic carbocycles. The minimum Gasteiger partial charge on any atom is -0.456 e. The monoisotopic (exact) mass is 437 g/mol. The average molecular weight is 438 g/mol. The van der Waals surface area contributed by atoms with Gasteiger partial charge in [0.25, 0.3) is 0 Å². The predicted octanol–water partition coefficient (Wildman–Crippen LogP) is 1.48. The summed E-state index contributed by atoms with van der Waals surface area (Å²) in [5.41, 5.74) is 2.85. The van der Waals surface area contributed by atoms with Gasteiger partial charge in [-0.1, -0.05) is 0 Å². The average Bonchev–Trinajstić information content (AvgIpc) is 3.52. The van der Waals surface area contributed by atoms with E-state index in [9.17, 15) is 9.59 Å². The lowest BCUT2D eigenvalue weighted by Crippen LogP contribution is -2.42. The van der Waals surface area contributed by atoms with Crippen molar-refractivity contribution < 1.29 is 14.3 Å². The van der Waals surface area contributed by atoms with E-state index in [1.807, 2.05) is 12.1 Å². The number of carbonyl (C=O) groups excluding carboxylic acids is 2. The number of hydrogen-bond donors (Lipinski definition) is 0. The molecule has 10 heteroatoms. The van der Waals surface area contributed by atoms with E-state index < -0.39 is 0 Å². The standard InChI is InChI=1S/C22H27N7O3/c1-15-19(13-32-20(15)30)28-10-9-22(21(28)31)7-5-17(6-8-22)27(2)12-16-3-4-18(11-23-16)29-14-24-25-26-29/h3-4,11,14,17H,5-10,12-13H2,1-2H3/t17-,22-. The highest BCUT2D eigenvalue weighted by molar-refractivity contribution is 5.94. The van der Waals surface area contributed by atoms with E-state index in [0.29, 0.717) is 18.2 Å². The van der Waals surface area contributed by atoms with Gasteiger partial charge >= 0.3 is 5.97 Å². The molecule has 0 radical (unpaired) electrons. The maximum absolute atomic E-state index is 13.3. The fourth-order valence-corrected chi connectivity index (χ4v) is 5.20. The quantitative estimate of drug-likeness (QED) is 0.648. The lowest BCUT2D eigenvalue weighted by Gasteiger charge is -2.39. The molecule has 4 heterocycles. The van der Waals surface area contributed by atoms with Crippen LogP contribution in [-0.2, 0) is 20.9 Å². The minimum atomic E-state index is -0.307. The van der Waals surface area contributed by atoms with Gasteiger partial charge in [0.15, 0.2) is 0 Å². The Balaban J connectivity index is 1.18. The fraction of sp³-hybridized carbons (Fsp3) is 0.545. The number of carbonyl (C=O) groups is 2. The number of hydrogen-bond acceptors (Lipinski definition) is 8. The first-order valence-corrected chi connectivity index (χ1v) is 11.0. The van der Waals surface area contributed by atoms with Crippen molar-refractivity contribution in [1.29, 1.82) is 0 Å². The van der Waals surface area contributed by atoms with Crippen LogP contribution in [0.25, 0.3) is 5.69 Å². The van der Waals surface area contributed by atoms with Crippen LogP contribution < -0.4 is 0 Å². The number of cyclic esters (lactones) is 1. The van der Waals surface area contributed by atoms with Crippen LogP contribution in [-0.4, -0.2) is 73.1 Å². The third-order valence-electron chi connectivity index (χ3n) is 7.29. The van der Waals surface area contributed by atoms with Gasteiger partial charge in [-0.3, -0.25) is 14.7 Å². The number of nitrogens with zero attached hydrogens (tertiary/aromatic N) is 7. The summed E-state index contributed by atoms with van der Waals surface area (Å²) < 4.78 is 6.69. The Hall–Kier alpha value is -3.14. The Morgan fingerprint density at radius 2 is 2.03 bits per heavy atom. The normalized spacial score (nSPS) is 26.0. The van der Waals surface area contributed by atoms with Gasteiger partial charge in [0.2, 0.25) is 5.91 Å². The molecule has 168 valence electrons. The Morgan fingerprint density at radius 1 is 1.22 bits per heavy atom. The molecule has 0 unspecified atom stereocenters. The number of pyridine rings is 1.